The van der Waals surface area contributed by atoms with Crippen molar-refractivity contribution in [1.82, 2.24) is 9.29 Å². The maximum atomic E-state index is 12.3. The van der Waals surface area contributed by atoms with Crippen LogP contribution in [0.15, 0.2) is 27.8 Å². The van der Waals surface area contributed by atoms with Gasteiger partial charge in [-0.05, 0) is 28.4 Å². The van der Waals surface area contributed by atoms with Crippen molar-refractivity contribution in [1.29, 1.82) is 0 Å². The normalized spacial score (nSPS) is 21.0. The lowest BCUT2D eigenvalue weighted by Crippen LogP contribution is -2.37. The van der Waals surface area contributed by atoms with Crippen LogP contribution in [0.3, 0.4) is 0 Å². The molecule has 0 saturated carbocycles. The molecule has 0 aromatic carbocycles. The van der Waals surface area contributed by atoms with Gasteiger partial charge < -0.3 is 4.74 Å². The van der Waals surface area contributed by atoms with Gasteiger partial charge in [-0.15, -0.1) is 0 Å². The smallest absolute Gasteiger partial charge is 0.244 e. The highest BCUT2D eigenvalue weighted by Crippen LogP contribution is 2.22. The van der Waals surface area contributed by atoms with Crippen LogP contribution in [-0.4, -0.2) is 44.0 Å². The molecule has 1 atom stereocenters. The topological polar surface area (TPSA) is 59.5 Å². The molecule has 2 heterocycles. The molecule has 1 aliphatic rings. The third-order valence-corrected chi connectivity index (χ3v) is 5.09. The summed E-state index contributed by atoms with van der Waals surface area (Å²) < 4.78 is 31.8. The first kappa shape index (κ1) is 12.9. The lowest BCUT2D eigenvalue weighted by Gasteiger charge is -2.22. The molecule has 0 bridgehead atoms. The predicted octanol–water partition coefficient (Wildman–Crippen LogP) is 1.25. The van der Waals surface area contributed by atoms with E-state index in [0.717, 1.165) is 6.42 Å². The van der Waals surface area contributed by atoms with Crippen molar-refractivity contribution in [3.63, 3.8) is 0 Å². The van der Waals surface area contributed by atoms with Gasteiger partial charge in [0, 0.05) is 30.5 Å². The molecule has 1 unspecified atom stereocenters. The second-order valence-electron chi connectivity index (χ2n) is 3.88. The summed E-state index contributed by atoms with van der Waals surface area (Å²) in [6.07, 6.45) is 3.64. The Morgan fingerprint density at radius 2 is 2.29 bits per heavy atom. The van der Waals surface area contributed by atoms with Gasteiger partial charge in [-0.25, -0.2) is 8.42 Å². The van der Waals surface area contributed by atoms with E-state index in [1.54, 1.807) is 19.3 Å². The third-order valence-electron chi connectivity index (χ3n) is 2.78. The van der Waals surface area contributed by atoms with E-state index in [2.05, 4.69) is 20.9 Å². The molecule has 1 aromatic heterocycles. The largest absolute Gasteiger partial charge is 0.380 e. The van der Waals surface area contributed by atoms with Crippen LogP contribution < -0.4 is 0 Å². The van der Waals surface area contributed by atoms with Crippen molar-refractivity contribution in [2.45, 2.75) is 17.4 Å². The molecule has 0 aliphatic carbocycles. The van der Waals surface area contributed by atoms with E-state index in [4.69, 9.17) is 4.74 Å². The first-order chi connectivity index (χ1) is 8.01. The fourth-order valence-corrected chi connectivity index (χ4v) is 3.58. The SMILES string of the molecule is CN(C1CCOC1)S(=O)(=O)c1cncc(Br)c1. The summed E-state index contributed by atoms with van der Waals surface area (Å²) in [6, 6.07) is 1.47. The molecule has 7 heteroatoms. The number of pyridine rings is 1. The number of hydrogen-bond acceptors (Lipinski definition) is 4. The first-order valence-corrected chi connectivity index (χ1v) is 7.41. The average Bonchev–Trinajstić information content (AvgIpc) is 2.81. The molecule has 1 aliphatic heterocycles. The fourth-order valence-electron chi connectivity index (χ4n) is 1.70. The van der Waals surface area contributed by atoms with Crippen LogP contribution in [0.4, 0.5) is 0 Å². The van der Waals surface area contributed by atoms with E-state index in [1.165, 1.54) is 10.5 Å². The highest BCUT2D eigenvalue weighted by molar-refractivity contribution is 9.10. The number of rotatable bonds is 3. The molecule has 0 radical (unpaired) electrons. The summed E-state index contributed by atoms with van der Waals surface area (Å²) in [5, 5.41) is 0. The Kier molecular flexibility index (Phi) is 3.82. The van der Waals surface area contributed by atoms with Gasteiger partial charge in [0.2, 0.25) is 10.0 Å². The Labute approximate surface area is 109 Å². The first-order valence-electron chi connectivity index (χ1n) is 5.18. The molecule has 1 fully saturated rings. The molecule has 94 valence electrons. The molecular formula is C10H13BrN2O3S. The summed E-state index contributed by atoms with van der Waals surface area (Å²) in [6.45, 7) is 1.07. The lowest BCUT2D eigenvalue weighted by molar-refractivity contribution is 0.181. The molecule has 5 nitrogen and oxygen atoms in total. The molecular weight excluding hydrogens is 308 g/mol. The average molecular weight is 321 g/mol. The Bertz CT molecular complexity index is 500. The number of hydrogen-bond donors (Lipinski definition) is 0. The molecule has 1 aromatic rings. The zero-order valence-electron chi connectivity index (χ0n) is 9.34. The second kappa shape index (κ2) is 5.01. The number of likely N-dealkylation sites (N-methyl/N-ethyl adjacent to an activating group) is 1. The standard InChI is InChI=1S/C10H13BrN2O3S/c1-13(9-2-3-16-7-9)17(14,15)10-4-8(11)5-12-6-10/h4-6,9H,2-3,7H2,1H3. The van der Waals surface area contributed by atoms with Crippen molar-refractivity contribution < 1.29 is 13.2 Å². The van der Waals surface area contributed by atoms with Crippen LogP contribution >= 0.6 is 15.9 Å². The number of sulfonamides is 1. The minimum Gasteiger partial charge on any atom is -0.380 e. The van der Waals surface area contributed by atoms with Crippen LogP contribution in [0.2, 0.25) is 0 Å². The molecule has 0 spiro atoms. The van der Waals surface area contributed by atoms with E-state index in [-0.39, 0.29) is 10.9 Å². The van der Waals surface area contributed by atoms with Gasteiger partial charge in [0.25, 0.3) is 0 Å². The minimum absolute atomic E-state index is 0.0843. The van der Waals surface area contributed by atoms with Gasteiger partial charge in [-0.3, -0.25) is 4.98 Å². The Morgan fingerprint density at radius 1 is 1.53 bits per heavy atom. The van der Waals surface area contributed by atoms with Crippen molar-refractivity contribution >= 4 is 26.0 Å². The zero-order chi connectivity index (χ0) is 12.5. The number of halogens is 1. The van der Waals surface area contributed by atoms with E-state index < -0.39 is 10.0 Å². The molecule has 2 rings (SSSR count). The van der Waals surface area contributed by atoms with Crippen molar-refractivity contribution in [2.75, 3.05) is 20.3 Å². The number of nitrogens with zero attached hydrogens (tertiary/aromatic N) is 2. The van der Waals surface area contributed by atoms with Gasteiger partial charge in [-0.2, -0.15) is 4.31 Å². The molecule has 17 heavy (non-hydrogen) atoms. The zero-order valence-corrected chi connectivity index (χ0v) is 11.7. The summed E-state index contributed by atoms with van der Waals surface area (Å²) in [4.78, 5) is 4.07. The van der Waals surface area contributed by atoms with Crippen molar-refractivity contribution in [3.8, 4) is 0 Å². The van der Waals surface area contributed by atoms with E-state index in [0.29, 0.717) is 17.7 Å². The van der Waals surface area contributed by atoms with Crippen LogP contribution in [0.1, 0.15) is 6.42 Å². The predicted molar refractivity (Wildman–Crippen MR) is 66.1 cm³/mol. The van der Waals surface area contributed by atoms with E-state index >= 15 is 0 Å². The number of aromatic nitrogens is 1. The van der Waals surface area contributed by atoms with Crippen molar-refractivity contribution in [2.24, 2.45) is 0 Å². The second-order valence-corrected chi connectivity index (χ2v) is 6.79. The Morgan fingerprint density at radius 3 is 2.88 bits per heavy atom. The Hall–Kier alpha value is -0.500. The minimum atomic E-state index is -3.48. The quantitative estimate of drug-likeness (QED) is 0.841. The van der Waals surface area contributed by atoms with Crippen LogP contribution in [0, 0.1) is 0 Å². The molecule has 0 N–H and O–H groups in total. The monoisotopic (exact) mass is 320 g/mol. The Balaban J connectivity index is 2.29. The molecule has 0 amide bonds. The highest BCUT2D eigenvalue weighted by atomic mass is 79.9. The maximum absolute atomic E-state index is 12.3. The van der Waals surface area contributed by atoms with E-state index in [1.807, 2.05) is 0 Å². The lowest BCUT2D eigenvalue weighted by atomic mass is 10.3. The van der Waals surface area contributed by atoms with Crippen LogP contribution in [0.25, 0.3) is 0 Å². The van der Waals surface area contributed by atoms with Gasteiger partial charge in [-0.1, -0.05) is 0 Å². The van der Waals surface area contributed by atoms with Gasteiger partial charge in [0.1, 0.15) is 4.90 Å². The van der Waals surface area contributed by atoms with Crippen LogP contribution in [-0.2, 0) is 14.8 Å². The number of ether oxygens (including phenoxy) is 1. The fraction of sp³-hybridized carbons (Fsp3) is 0.500. The summed E-state index contributed by atoms with van der Waals surface area (Å²) in [7, 11) is -1.91. The highest BCUT2D eigenvalue weighted by Gasteiger charge is 2.30. The van der Waals surface area contributed by atoms with E-state index in [9.17, 15) is 8.42 Å². The van der Waals surface area contributed by atoms with Gasteiger partial charge in [0.05, 0.1) is 12.6 Å². The summed E-state index contributed by atoms with van der Waals surface area (Å²) in [5.41, 5.74) is 0. The van der Waals surface area contributed by atoms with Crippen molar-refractivity contribution in [3.05, 3.63) is 22.9 Å². The molecule has 1 saturated heterocycles. The maximum Gasteiger partial charge on any atom is 0.244 e. The summed E-state index contributed by atoms with van der Waals surface area (Å²) in [5.74, 6) is 0. The summed E-state index contributed by atoms with van der Waals surface area (Å²) >= 11 is 3.22. The van der Waals surface area contributed by atoms with Crippen LogP contribution in [0.5, 0.6) is 0 Å². The van der Waals surface area contributed by atoms with Gasteiger partial charge >= 0.3 is 0 Å². The van der Waals surface area contributed by atoms with Gasteiger partial charge in [0.15, 0.2) is 0 Å². The third kappa shape index (κ3) is 2.67.